The number of rotatable bonds is 12. The molecule has 0 bridgehead atoms. The van der Waals surface area contributed by atoms with E-state index in [-0.39, 0.29) is 37.7 Å². The average Bonchev–Trinajstić information content (AvgIpc) is 2.94. The summed E-state index contributed by atoms with van der Waals surface area (Å²) in [6.07, 6.45) is 6.75. The molecular weight excluding hydrogens is 489 g/mol. The van der Waals surface area contributed by atoms with Gasteiger partial charge in [-0.15, -0.1) is 6.42 Å². The zero-order chi connectivity index (χ0) is 27.3. The topological polar surface area (TPSA) is 94.8 Å². The summed E-state index contributed by atoms with van der Waals surface area (Å²) in [6, 6.07) is 19.1. The summed E-state index contributed by atoms with van der Waals surface area (Å²) >= 11 is 0. The molecule has 7 nitrogen and oxygen atoms in total. The van der Waals surface area contributed by atoms with Gasteiger partial charge in [0.05, 0.1) is 36.3 Å². The minimum Gasteiger partial charge on any atom is -0.491 e. The van der Waals surface area contributed by atoms with Crippen LogP contribution >= 0.6 is 0 Å². The number of esters is 2. The molecule has 0 heterocycles. The lowest BCUT2D eigenvalue weighted by atomic mass is 9.91. The van der Waals surface area contributed by atoms with Crippen LogP contribution in [0.2, 0.25) is 0 Å². The number of benzene rings is 3. The third-order valence-corrected chi connectivity index (χ3v) is 5.26. The predicted molar refractivity (Wildman–Crippen MR) is 137 cm³/mol. The van der Waals surface area contributed by atoms with Gasteiger partial charge in [0.1, 0.15) is 19.0 Å². The van der Waals surface area contributed by atoms with Crippen molar-refractivity contribution in [3.05, 3.63) is 107 Å². The van der Waals surface area contributed by atoms with Crippen molar-refractivity contribution in [1.29, 1.82) is 5.26 Å². The van der Waals surface area contributed by atoms with E-state index in [1.807, 2.05) is 6.07 Å². The van der Waals surface area contributed by atoms with Crippen molar-refractivity contribution in [2.24, 2.45) is 0 Å². The average molecular weight is 514 g/mol. The molecule has 0 aromatic heterocycles. The molecule has 0 amide bonds. The largest absolute Gasteiger partial charge is 0.491 e. The molecule has 0 fully saturated rings. The normalized spacial score (nSPS) is 10.9. The molecule has 0 saturated heterocycles. The summed E-state index contributed by atoms with van der Waals surface area (Å²) in [4.78, 5) is 23.4. The van der Waals surface area contributed by atoms with Crippen LogP contribution in [0.4, 0.5) is 4.39 Å². The van der Waals surface area contributed by atoms with Gasteiger partial charge in [0.15, 0.2) is 11.6 Å². The summed E-state index contributed by atoms with van der Waals surface area (Å²) in [6.45, 7) is 4.16. The first-order chi connectivity index (χ1) is 18.4. The van der Waals surface area contributed by atoms with Crippen molar-refractivity contribution in [3.8, 4) is 29.9 Å². The summed E-state index contributed by atoms with van der Waals surface area (Å²) in [5.41, 5.74) is 1.95. The molecule has 3 rings (SSSR count). The molecule has 0 aliphatic rings. The highest BCUT2D eigenvalue weighted by Gasteiger charge is 2.17. The van der Waals surface area contributed by atoms with Gasteiger partial charge in [-0.25, -0.2) is 14.0 Å². The maximum atomic E-state index is 14.8. The number of hydrogen-bond donors (Lipinski definition) is 0. The number of nitriles is 1. The Morgan fingerprint density at radius 2 is 1.66 bits per heavy atom. The van der Waals surface area contributed by atoms with Gasteiger partial charge in [0.2, 0.25) is 0 Å². The van der Waals surface area contributed by atoms with E-state index in [1.54, 1.807) is 42.5 Å². The van der Waals surface area contributed by atoms with Crippen LogP contribution in [0.1, 0.15) is 33.0 Å². The highest BCUT2D eigenvalue weighted by molar-refractivity contribution is 5.91. The number of carbonyl (C=O) groups excluding carboxylic acids is 2. The third-order valence-electron chi connectivity index (χ3n) is 5.26. The van der Waals surface area contributed by atoms with E-state index in [9.17, 15) is 14.0 Å². The first-order valence-corrected chi connectivity index (χ1v) is 11.5. The quantitative estimate of drug-likeness (QED) is 0.113. The molecule has 3 aromatic rings. The van der Waals surface area contributed by atoms with Crippen molar-refractivity contribution < 1.29 is 32.9 Å². The van der Waals surface area contributed by atoms with Crippen LogP contribution in [-0.2, 0) is 14.3 Å². The van der Waals surface area contributed by atoms with Crippen molar-refractivity contribution in [2.75, 3.05) is 26.4 Å². The molecule has 0 radical (unpaired) electrons. The smallest absolute Gasteiger partial charge is 0.343 e. The summed E-state index contributed by atoms with van der Waals surface area (Å²) in [5.74, 6) is 0.383. The van der Waals surface area contributed by atoms with Crippen LogP contribution in [0.5, 0.6) is 11.5 Å². The van der Waals surface area contributed by atoms with E-state index < -0.39 is 23.7 Å². The van der Waals surface area contributed by atoms with Crippen LogP contribution in [0.25, 0.3) is 0 Å². The van der Waals surface area contributed by atoms with Crippen LogP contribution in [0.3, 0.4) is 0 Å². The Kier molecular flexibility index (Phi) is 10.2. The Morgan fingerprint density at radius 1 is 0.974 bits per heavy atom. The lowest BCUT2D eigenvalue weighted by Crippen LogP contribution is -2.12. The van der Waals surface area contributed by atoms with Crippen LogP contribution in [0.15, 0.2) is 79.4 Å². The Morgan fingerprint density at radius 3 is 2.29 bits per heavy atom. The molecule has 0 spiro atoms. The Balaban J connectivity index is 1.52. The highest BCUT2D eigenvalue weighted by Crippen LogP contribution is 2.28. The Bertz CT molecular complexity index is 1350. The molecule has 0 N–H and O–H groups in total. The van der Waals surface area contributed by atoms with E-state index in [0.717, 1.165) is 11.6 Å². The molecular formula is C30H24FNO6. The van der Waals surface area contributed by atoms with Crippen LogP contribution < -0.4 is 9.47 Å². The highest BCUT2D eigenvalue weighted by atomic mass is 19.1. The Hall–Kier alpha value is -4.92. The van der Waals surface area contributed by atoms with Gasteiger partial charge in [0, 0.05) is 6.08 Å². The van der Waals surface area contributed by atoms with Crippen molar-refractivity contribution in [3.63, 3.8) is 0 Å². The van der Waals surface area contributed by atoms with E-state index >= 15 is 0 Å². The van der Waals surface area contributed by atoms with Crippen molar-refractivity contribution >= 4 is 11.9 Å². The second-order valence-electron chi connectivity index (χ2n) is 7.77. The van der Waals surface area contributed by atoms with Crippen LogP contribution in [0, 0.1) is 29.5 Å². The van der Waals surface area contributed by atoms with Gasteiger partial charge in [0.25, 0.3) is 0 Å². The van der Waals surface area contributed by atoms with Gasteiger partial charge >= 0.3 is 11.9 Å². The second-order valence-corrected chi connectivity index (χ2v) is 7.77. The molecule has 0 aliphatic heterocycles. The lowest BCUT2D eigenvalue weighted by molar-refractivity contribution is -0.139. The molecule has 1 unspecified atom stereocenters. The number of carbonyl (C=O) groups is 2. The van der Waals surface area contributed by atoms with E-state index in [4.69, 9.17) is 30.6 Å². The maximum Gasteiger partial charge on any atom is 0.343 e. The fourth-order valence-corrected chi connectivity index (χ4v) is 3.34. The Labute approximate surface area is 220 Å². The standard InChI is InChI=1S/C30H24FNO6/c1-3-26(22-7-5-21(20-32)6-8-22)24-11-14-28(27(31)19-24)38-30(34)23-9-12-25(13-10-23)36-17-15-35-16-18-37-29(33)4-2/h1,4-14,19,26H,2,15-18H2. The van der Waals surface area contributed by atoms with E-state index in [2.05, 4.69) is 12.5 Å². The van der Waals surface area contributed by atoms with E-state index in [0.29, 0.717) is 16.9 Å². The molecule has 1 atom stereocenters. The SMILES string of the molecule is C#CC(c1ccc(C#N)cc1)c1ccc(OC(=O)c2ccc(OCCOCCOC(=O)C=C)cc2)c(F)c1. The molecule has 192 valence electrons. The van der Waals surface area contributed by atoms with Gasteiger partial charge in [-0.2, -0.15) is 5.26 Å². The summed E-state index contributed by atoms with van der Waals surface area (Å²) in [5, 5.41) is 8.96. The third kappa shape index (κ3) is 7.79. The minimum atomic E-state index is -0.735. The first-order valence-electron chi connectivity index (χ1n) is 11.5. The fraction of sp³-hybridized carbons (Fsp3) is 0.167. The van der Waals surface area contributed by atoms with Crippen LogP contribution in [-0.4, -0.2) is 38.4 Å². The number of nitrogens with zero attached hydrogens (tertiary/aromatic N) is 1. The van der Waals surface area contributed by atoms with Gasteiger partial charge in [-0.3, -0.25) is 0 Å². The number of terminal acetylenes is 1. The summed E-state index contributed by atoms with van der Waals surface area (Å²) < 4.78 is 35.6. The van der Waals surface area contributed by atoms with Gasteiger partial charge in [-0.1, -0.05) is 30.7 Å². The first kappa shape index (κ1) is 27.7. The van der Waals surface area contributed by atoms with Gasteiger partial charge < -0.3 is 18.9 Å². The predicted octanol–water partition coefficient (Wildman–Crippen LogP) is 4.81. The maximum absolute atomic E-state index is 14.8. The zero-order valence-electron chi connectivity index (χ0n) is 20.4. The lowest BCUT2D eigenvalue weighted by Gasteiger charge is -2.13. The monoisotopic (exact) mass is 513 g/mol. The zero-order valence-corrected chi connectivity index (χ0v) is 20.4. The summed E-state index contributed by atoms with van der Waals surface area (Å²) in [7, 11) is 0. The number of hydrogen-bond acceptors (Lipinski definition) is 7. The number of ether oxygens (including phenoxy) is 4. The molecule has 0 saturated carbocycles. The molecule has 0 aliphatic carbocycles. The fourth-order valence-electron chi connectivity index (χ4n) is 3.34. The second kappa shape index (κ2) is 14.0. The minimum absolute atomic E-state index is 0.118. The van der Waals surface area contributed by atoms with Gasteiger partial charge in [-0.05, 0) is 59.7 Å². The molecule has 8 heteroatoms. The number of halogens is 1. The molecule has 3 aromatic carbocycles. The van der Waals surface area contributed by atoms with E-state index in [1.165, 1.54) is 24.3 Å². The molecule has 38 heavy (non-hydrogen) atoms. The van der Waals surface area contributed by atoms with Crippen molar-refractivity contribution in [2.45, 2.75) is 5.92 Å². The van der Waals surface area contributed by atoms with Crippen molar-refractivity contribution in [1.82, 2.24) is 0 Å².